The Morgan fingerprint density at radius 3 is 3.10 bits per heavy atom. The predicted molar refractivity (Wildman–Crippen MR) is 78.1 cm³/mol. The molecule has 3 rings (SSSR count). The van der Waals surface area contributed by atoms with Crippen molar-refractivity contribution in [1.29, 1.82) is 0 Å². The molecule has 0 aliphatic heterocycles. The van der Waals surface area contributed by atoms with Crippen LogP contribution in [-0.4, -0.2) is 28.0 Å². The molecule has 1 aromatic carbocycles. The Kier molecular flexibility index (Phi) is 3.51. The normalized spacial score (nSPS) is 10.5. The number of aromatic nitrogens is 3. The van der Waals surface area contributed by atoms with Crippen LogP contribution in [0.3, 0.4) is 0 Å². The maximum Gasteiger partial charge on any atom is 0.253 e. The molecule has 0 fully saturated rings. The van der Waals surface area contributed by atoms with Crippen LogP contribution in [0, 0.1) is 0 Å². The van der Waals surface area contributed by atoms with E-state index in [0.717, 1.165) is 10.9 Å². The second-order valence-electron chi connectivity index (χ2n) is 4.48. The quantitative estimate of drug-likeness (QED) is 0.766. The van der Waals surface area contributed by atoms with Crippen LogP contribution in [0.1, 0.15) is 16.1 Å². The molecule has 2 aromatic heterocycles. The highest BCUT2D eigenvalue weighted by molar-refractivity contribution is 6.05. The number of nitrogens with one attached hydrogen (secondary N) is 2. The summed E-state index contributed by atoms with van der Waals surface area (Å²) in [7, 11) is 1.54. The lowest BCUT2D eigenvalue weighted by Crippen LogP contribution is -2.23. The van der Waals surface area contributed by atoms with Crippen molar-refractivity contribution in [3.8, 4) is 5.88 Å². The molecule has 2 heterocycles. The number of hydrogen-bond donors (Lipinski definition) is 2. The second kappa shape index (κ2) is 5.62. The molecule has 1 amide bonds. The second-order valence-corrected chi connectivity index (χ2v) is 4.48. The summed E-state index contributed by atoms with van der Waals surface area (Å²) < 4.78 is 5.02. The predicted octanol–water partition coefficient (Wildman–Crippen LogP) is 1.90. The van der Waals surface area contributed by atoms with Crippen LogP contribution in [0.2, 0.25) is 0 Å². The Bertz CT molecular complexity index is 782. The molecule has 0 saturated carbocycles. The molecular formula is C15H14N4O2. The number of carbonyl (C=O) groups excluding carboxylic acids is 1. The molecule has 0 unspecified atom stereocenters. The number of aromatic amines is 1. The van der Waals surface area contributed by atoms with E-state index in [1.165, 1.54) is 13.4 Å². The summed E-state index contributed by atoms with van der Waals surface area (Å²) in [6, 6.07) is 9.22. The number of ether oxygens (including phenoxy) is 1. The van der Waals surface area contributed by atoms with Crippen molar-refractivity contribution in [2.24, 2.45) is 0 Å². The van der Waals surface area contributed by atoms with Gasteiger partial charge in [-0.05, 0) is 12.1 Å². The standard InChI is InChI=1S/C15H14N4O2/c1-21-13-7-11(18-9-19-13)8-17-15(20)12-4-2-3-10-5-6-16-14(10)12/h2-7,9,16H,8H2,1H3,(H,17,20). The smallest absolute Gasteiger partial charge is 0.253 e. The van der Waals surface area contributed by atoms with Gasteiger partial charge in [0, 0.05) is 17.6 Å². The third-order valence-electron chi connectivity index (χ3n) is 3.17. The number of hydrogen-bond acceptors (Lipinski definition) is 4. The number of para-hydroxylation sites is 1. The number of methoxy groups -OCH3 is 1. The summed E-state index contributed by atoms with van der Waals surface area (Å²) in [6.07, 6.45) is 3.22. The van der Waals surface area contributed by atoms with Crippen molar-refractivity contribution in [3.05, 3.63) is 54.1 Å². The van der Waals surface area contributed by atoms with Gasteiger partial charge >= 0.3 is 0 Å². The zero-order valence-electron chi connectivity index (χ0n) is 11.5. The van der Waals surface area contributed by atoms with Gasteiger partial charge in [0.1, 0.15) is 6.33 Å². The summed E-state index contributed by atoms with van der Waals surface area (Å²) in [5, 5.41) is 3.85. The van der Waals surface area contributed by atoms with Crippen molar-refractivity contribution in [2.75, 3.05) is 7.11 Å². The first-order valence-electron chi connectivity index (χ1n) is 6.47. The van der Waals surface area contributed by atoms with Crippen LogP contribution in [0.15, 0.2) is 42.9 Å². The van der Waals surface area contributed by atoms with E-state index in [1.807, 2.05) is 24.4 Å². The fraction of sp³-hybridized carbons (Fsp3) is 0.133. The van der Waals surface area contributed by atoms with E-state index >= 15 is 0 Å². The average Bonchev–Trinajstić information content (AvgIpc) is 3.01. The third kappa shape index (κ3) is 2.69. The number of benzene rings is 1. The molecule has 6 heteroatoms. The van der Waals surface area contributed by atoms with Gasteiger partial charge in [0.15, 0.2) is 0 Å². The highest BCUT2D eigenvalue weighted by Gasteiger charge is 2.10. The van der Waals surface area contributed by atoms with Crippen LogP contribution < -0.4 is 10.1 Å². The topological polar surface area (TPSA) is 79.9 Å². The highest BCUT2D eigenvalue weighted by Crippen LogP contribution is 2.16. The Morgan fingerprint density at radius 2 is 2.24 bits per heavy atom. The van der Waals surface area contributed by atoms with Gasteiger partial charge < -0.3 is 15.0 Å². The number of rotatable bonds is 4. The zero-order chi connectivity index (χ0) is 14.7. The molecule has 0 aliphatic carbocycles. The molecule has 2 N–H and O–H groups in total. The SMILES string of the molecule is COc1cc(CNC(=O)c2cccc3cc[nH]c23)ncn1. The molecule has 3 aromatic rings. The number of carbonyl (C=O) groups is 1. The van der Waals surface area contributed by atoms with E-state index < -0.39 is 0 Å². The number of H-pyrrole nitrogens is 1. The summed E-state index contributed by atoms with van der Waals surface area (Å²) in [5.41, 5.74) is 2.13. The van der Waals surface area contributed by atoms with Crippen molar-refractivity contribution < 1.29 is 9.53 Å². The van der Waals surface area contributed by atoms with Gasteiger partial charge in [0.25, 0.3) is 5.91 Å². The molecule has 0 radical (unpaired) electrons. The summed E-state index contributed by atoms with van der Waals surface area (Å²) in [5.74, 6) is 0.321. The van der Waals surface area contributed by atoms with Gasteiger partial charge in [0.05, 0.1) is 30.4 Å². The van der Waals surface area contributed by atoms with E-state index in [0.29, 0.717) is 23.7 Å². The van der Waals surface area contributed by atoms with Gasteiger partial charge in [-0.2, -0.15) is 0 Å². The first-order chi connectivity index (χ1) is 10.3. The Hall–Kier alpha value is -2.89. The molecule has 0 spiro atoms. The van der Waals surface area contributed by atoms with Crippen molar-refractivity contribution >= 4 is 16.8 Å². The van der Waals surface area contributed by atoms with Crippen LogP contribution in [0.5, 0.6) is 5.88 Å². The number of amides is 1. The van der Waals surface area contributed by atoms with Crippen LogP contribution in [0.4, 0.5) is 0 Å². The van der Waals surface area contributed by atoms with Crippen molar-refractivity contribution in [3.63, 3.8) is 0 Å². The third-order valence-corrected chi connectivity index (χ3v) is 3.17. The summed E-state index contributed by atoms with van der Waals surface area (Å²) in [6.45, 7) is 0.314. The fourth-order valence-electron chi connectivity index (χ4n) is 2.13. The largest absolute Gasteiger partial charge is 0.481 e. The van der Waals surface area contributed by atoms with E-state index in [1.54, 1.807) is 12.1 Å². The first kappa shape index (κ1) is 13.1. The van der Waals surface area contributed by atoms with Gasteiger partial charge in [0.2, 0.25) is 5.88 Å². The summed E-state index contributed by atoms with van der Waals surface area (Å²) in [4.78, 5) is 23.4. The Labute approximate surface area is 121 Å². The maximum absolute atomic E-state index is 12.3. The molecule has 0 aliphatic rings. The van der Waals surface area contributed by atoms with Crippen molar-refractivity contribution in [2.45, 2.75) is 6.54 Å². The van der Waals surface area contributed by atoms with E-state index in [2.05, 4.69) is 20.3 Å². The average molecular weight is 282 g/mol. The van der Waals surface area contributed by atoms with Gasteiger partial charge in [-0.25, -0.2) is 9.97 Å². The fourth-order valence-corrected chi connectivity index (χ4v) is 2.13. The van der Waals surface area contributed by atoms with Gasteiger partial charge in [-0.15, -0.1) is 0 Å². The van der Waals surface area contributed by atoms with Crippen LogP contribution >= 0.6 is 0 Å². The molecule has 0 bridgehead atoms. The maximum atomic E-state index is 12.3. The van der Waals surface area contributed by atoms with E-state index in [4.69, 9.17) is 4.74 Å². The first-order valence-corrected chi connectivity index (χ1v) is 6.47. The lowest BCUT2D eigenvalue weighted by molar-refractivity contribution is 0.0952. The van der Waals surface area contributed by atoms with Gasteiger partial charge in [-0.1, -0.05) is 12.1 Å². The lowest BCUT2D eigenvalue weighted by Gasteiger charge is -2.06. The molecule has 0 saturated heterocycles. The molecule has 0 atom stereocenters. The monoisotopic (exact) mass is 282 g/mol. The van der Waals surface area contributed by atoms with E-state index in [-0.39, 0.29) is 5.91 Å². The molecule has 6 nitrogen and oxygen atoms in total. The molecule has 106 valence electrons. The summed E-state index contributed by atoms with van der Waals surface area (Å²) >= 11 is 0. The Morgan fingerprint density at radius 1 is 1.33 bits per heavy atom. The highest BCUT2D eigenvalue weighted by atomic mass is 16.5. The lowest BCUT2D eigenvalue weighted by atomic mass is 10.1. The molecular weight excluding hydrogens is 268 g/mol. The Balaban J connectivity index is 1.76. The van der Waals surface area contributed by atoms with Gasteiger partial charge in [-0.3, -0.25) is 4.79 Å². The number of fused-ring (bicyclic) bond motifs is 1. The number of nitrogens with zero attached hydrogens (tertiary/aromatic N) is 2. The van der Waals surface area contributed by atoms with Crippen molar-refractivity contribution in [1.82, 2.24) is 20.3 Å². The van der Waals surface area contributed by atoms with E-state index in [9.17, 15) is 4.79 Å². The minimum atomic E-state index is -0.152. The minimum absolute atomic E-state index is 0.152. The minimum Gasteiger partial charge on any atom is -0.481 e. The van der Waals surface area contributed by atoms with Crippen LogP contribution in [0.25, 0.3) is 10.9 Å². The zero-order valence-corrected chi connectivity index (χ0v) is 11.5. The molecule has 21 heavy (non-hydrogen) atoms. The van der Waals surface area contributed by atoms with Crippen LogP contribution in [-0.2, 0) is 6.54 Å².